The predicted octanol–water partition coefficient (Wildman–Crippen LogP) is 0.801. The number of nitrogens with zero attached hydrogens (tertiary/aromatic N) is 1. The van der Waals surface area contributed by atoms with Gasteiger partial charge in [-0.15, -0.1) is 0 Å². The second kappa shape index (κ2) is 6.12. The van der Waals surface area contributed by atoms with Gasteiger partial charge in [-0.3, -0.25) is 0 Å². The Balaban J connectivity index is 3.21. The van der Waals surface area contributed by atoms with Gasteiger partial charge in [0, 0.05) is 18.8 Å². The quantitative estimate of drug-likeness (QED) is 0.753. The van der Waals surface area contributed by atoms with Crippen LogP contribution < -0.4 is 5.73 Å². The minimum Gasteiger partial charge on any atom is -0.399 e. The van der Waals surface area contributed by atoms with Crippen LogP contribution in [0.5, 0.6) is 0 Å². The molecule has 7 heteroatoms. The molecule has 1 aromatic carbocycles. The summed E-state index contributed by atoms with van der Waals surface area (Å²) in [5, 5.41) is 8.87. The Kier molecular flexibility index (Phi) is 5.06. The first-order valence-electron chi connectivity index (χ1n) is 5.59. The van der Waals surface area contributed by atoms with E-state index < -0.39 is 20.7 Å². The van der Waals surface area contributed by atoms with Crippen LogP contribution in [0.4, 0.5) is 10.1 Å². The molecule has 5 nitrogen and oxygen atoms in total. The van der Waals surface area contributed by atoms with Crippen LogP contribution in [0.1, 0.15) is 13.3 Å². The maximum atomic E-state index is 13.6. The van der Waals surface area contributed by atoms with E-state index in [0.29, 0.717) is 6.42 Å². The smallest absolute Gasteiger partial charge is 0.246 e. The Morgan fingerprint density at radius 2 is 2.06 bits per heavy atom. The van der Waals surface area contributed by atoms with E-state index in [-0.39, 0.29) is 25.4 Å². The average Bonchev–Trinajstić information content (AvgIpc) is 2.32. The number of aliphatic hydroxyl groups excluding tert-OH is 1. The third kappa shape index (κ3) is 3.18. The summed E-state index contributed by atoms with van der Waals surface area (Å²) in [7, 11) is -3.96. The Bertz CT molecular complexity index is 499. The largest absolute Gasteiger partial charge is 0.399 e. The number of nitrogen functional groups attached to an aromatic ring is 1. The summed E-state index contributed by atoms with van der Waals surface area (Å²) < 4.78 is 39.0. The summed E-state index contributed by atoms with van der Waals surface area (Å²) in [6.07, 6.45) is 0.573. The van der Waals surface area contributed by atoms with E-state index in [1.807, 2.05) is 0 Å². The monoisotopic (exact) mass is 276 g/mol. The van der Waals surface area contributed by atoms with Crippen LogP contribution in [0.25, 0.3) is 0 Å². The van der Waals surface area contributed by atoms with Gasteiger partial charge in [-0.05, 0) is 24.6 Å². The van der Waals surface area contributed by atoms with Crippen LogP contribution in [0.2, 0.25) is 0 Å². The summed E-state index contributed by atoms with van der Waals surface area (Å²) in [6, 6.07) is 3.40. The van der Waals surface area contributed by atoms with Crippen molar-refractivity contribution in [1.82, 2.24) is 4.31 Å². The lowest BCUT2D eigenvalue weighted by atomic mass is 10.3. The van der Waals surface area contributed by atoms with Gasteiger partial charge in [-0.2, -0.15) is 4.31 Å². The summed E-state index contributed by atoms with van der Waals surface area (Å²) in [4.78, 5) is -0.454. The van der Waals surface area contributed by atoms with Crippen LogP contribution in [0.15, 0.2) is 23.1 Å². The van der Waals surface area contributed by atoms with Crippen LogP contribution in [0.3, 0.4) is 0 Å². The normalized spacial score (nSPS) is 12.0. The lowest BCUT2D eigenvalue weighted by Crippen LogP contribution is -2.34. The molecule has 0 aliphatic rings. The fourth-order valence-electron chi connectivity index (χ4n) is 1.57. The SMILES string of the molecule is CCCN(CCO)S(=O)(=O)c1cc(N)ccc1F. The first-order chi connectivity index (χ1) is 8.43. The van der Waals surface area contributed by atoms with Crippen molar-refractivity contribution >= 4 is 15.7 Å². The van der Waals surface area contributed by atoms with Gasteiger partial charge in [-0.1, -0.05) is 6.92 Å². The van der Waals surface area contributed by atoms with Gasteiger partial charge in [0.05, 0.1) is 6.61 Å². The first kappa shape index (κ1) is 14.9. The van der Waals surface area contributed by atoms with Crippen molar-refractivity contribution in [2.45, 2.75) is 18.2 Å². The fraction of sp³-hybridized carbons (Fsp3) is 0.455. The highest BCUT2D eigenvalue weighted by atomic mass is 32.2. The first-order valence-corrected chi connectivity index (χ1v) is 7.03. The highest BCUT2D eigenvalue weighted by molar-refractivity contribution is 7.89. The highest BCUT2D eigenvalue weighted by Crippen LogP contribution is 2.21. The Labute approximate surface area is 106 Å². The zero-order chi connectivity index (χ0) is 13.8. The van der Waals surface area contributed by atoms with Gasteiger partial charge in [-0.25, -0.2) is 12.8 Å². The number of sulfonamides is 1. The van der Waals surface area contributed by atoms with Crippen molar-refractivity contribution in [3.8, 4) is 0 Å². The second-order valence-electron chi connectivity index (χ2n) is 3.82. The van der Waals surface area contributed by atoms with Gasteiger partial charge >= 0.3 is 0 Å². The van der Waals surface area contributed by atoms with Gasteiger partial charge in [0.2, 0.25) is 10.0 Å². The molecule has 0 aliphatic carbocycles. The molecule has 0 saturated carbocycles. The van der Waals surface area contributed by atoms with Crippen molar-refractivity contribution in [3.63, 3.8) is 0 Å². The topological polar surface area (TPSA) is 83.6 Å². The van der Waals surface area contributed by atoms with Gasteiger partial charge in [0.1, 0.15) is 10.7 Å². The molecule has 0 aliphatic heterocycles. The number of nitrogens with two attached hydrogens (primary N) is 1. The maximum absolute atomic E-state index is 13.6. The van der Waals surface area contributed by atoms with Crippen molar-refractivity contribution in [2.24, 2.45) is 0 Å². The number of aliphatic hydroxyl groups is 1. The van der Waals surface area contributed by atoms with Gasteiger partial charge < -0.3 is 10.8 Å². The van der Waals surface area contributed by atoms with Gasteiger partial charge in [0.25, 0.3) is 0 Å². The summed E-state index contributed by atoms with van der Waals surface area (Å²) >= 11 is 0. The molecule has 0 heterocycles. The number of anilines is 1. The van der Waals surface area contributed by atoms with E-state index in [0.717, 1.165) is 16.4 Å². The number of hydrogen-bond donors (Lipinski definition) is 2. The van der Waals surface area contributed by atoms with Crippen LogP contribution >= 0.6 is 0 Å². The molecule has 0 amide bonds. The number of halogens is 1. The summed E-state index contributed by atoms with van der Waals surface area (Å²) in [5.74, 6) is -0.844. The standard InChI is InChI=1S/C11H17FN2O3S/c1-2-5-14(6-7-15)18(16,17)11-8-9(13)3-4-10(11)12/h3-4,8,15H,2,5-7,13H2,1H3. The molecule has 102 valence electrons. The number of rotatable bonds is 6. The maximum Gasteiger partial charge on any atom is 0.246 e. The molecule has 0 bridgehead atoms. The summed E-state index contributed by atoms with van der Waals surface area (Å²) in [6.45, 7) is 1.64. The molecule has 0 fully saturated rings. The van der Waals surface area contributed by atoms with Crippen molar-refractivity contribution in [2.75, 3.05) is 25.4 Å². The molecular weight excluding hydrogens is 259 g/mol. The third-order valence-corrected chi connectivity index (χ3v) is 4.31. The van der Waals surface area contributed by atoms with Crippen LogP contribution in [0, 0.1) is 5.82 Å². The molecule has 0 aromatic heterocycles. The van der Waals surface area contributed by atoms with Crippen LogP contribution in [-0.2, 0) is 10.0 Å². The molecule has 3 N–H and O–H groups in total. The predicted molar refractivity (Wildman–Crippen MR) is 66.9 cm³/mol. The zero-order valence-corrected chi connectivity index (χ0v) is 11.0. The minimum absolute atomic E-state index is 0.0651. The van der Waals surface area contributed by atoms with E-state index in [1.54, 1.807) is 6.92 Å². The molecule has 0 atom stereocenters. The average molecular weight is 276 g/mol. The molecule has 0 saturated heterocycles. The Morgan fingerprint density at radius 1 is 1.39 bits per heavy atom. The molecule has 0 spiro atoms. The summed E-state index contributed by atoms with van der Waals surface area (Å²) in [5.41, 5.74) is 5.65. The van der Waals surface area contributed by atoms with Crippen molar-refractivity contribution in [1.29, 1.82) is 0 Å². The zero-order valence-electron chi connectivity index (χ0n) is 10.1. The van der Waals surface area contributed by atoms with E-state index >= 15 is 0 Å². The highest BCUT2D eigenvalue weighted by Gasteiger charge is 2.26. The third-order valence-electron chi connectivity index (χ3n) is 2.40. The minimum atomic E-state index is -3.96. The molecule has 0 unspecified atom stereocenters. The molecule has 1 aromatic rings. The molecular formula is C11H17FN2O3S. The molecule has 0 radical (unpaired) electrons. The fourth-order valence-corrected chi connectivity index (χ4v) is 3.19. The second-order valence-corrected chi connectivity index (χ2v) is 5.72. The van der Waals surface area contributed by atoms with Crippen molar-refractivity contribution < 1.29 is 17.9 Å². The number of hydrogen-bond acceptors (Lipinski definition) is 4. The Morgan fingerprint density at radius 3 is 2.61 bits per heavy atom. The van der Waals surface area contributed by atoms with E-state index in [2.05, 4.69) is 0 Å². The molecule has 1 rings (SSSR count). The van der Waals surface area contributed by atoms with Gasteiger partial charge in [0.15, 0.2) is 0 Å². The van der Waals surface area contributed by atoms with Crippen molar-refractivity contribution in [3.05, 3.63) is 24.0 Å². The van der Waals surface area contributed by atoms with E-state index in [9.17, 15) is 12.8 Å². The number of benzene rings is 1. The lowest BCUT2D eigenvalue weighted by Gasteiger charge is -2.21. The van der Waals surface area contributed by atoms with E-state index in [4.69, 9.17) is 10.8 Å². The lowest BCUT2D eigenvalue weighted by molar-refractivity contribution is 0.253. The van der Waals surface area contributed by atoms with Crippen LogP contribution in [-0.4, -0.2) is 37.5 Å². The van der Waals surface area contributed by atoms with E-state index in [1.165, 1.54) is 6.07 Å². The Hall–Kier alpha value is -1.18. The molecule has 18 heavy (non-hydrogen) atoms.